The van der Waals surface area contributed by atoms with Crippen molar-refractivity contribution in [2.24, 2.45) is 57.2 Å². The van der Waals surface area contributed by atoms with Crippen LogP contribution < -0.4 is 0 Å². The van der Waals surface area contributed by atoms with Gasteiger partial charge in [0, 0.05) is 41.4 Å². The Morgan fingerprint density at radius 3 is 2.16 bits per heavy atom. The van der Waals surface area contributed by atoms with Crippen molar-refractivity contribution >= 4 is 46.7 Å². The van der Waals surface area contributed by atoms with E-state index in [9.17, 15) is 49.2 Å². The first-order chi connectivity index (χ1) is 29.0. The maximum absolute atomic E-state index is 13.9. The number of hydrogen-bond donors (Lipinski definition) is 4. The van der Waals surface area contributed by atoms with Crippen LogP contribution in [0.4, 0.5) is 0 Å². The molecule has 0 radical (unpaired) electrons. The second kappa shape index (κ2) is 16.1. The summed E-state index contributed by atoms with van der Waals surface area (Å²) < 4.78 is 11.3. The monoisotopic (exact) mass is 882 g/mol. The maximum atomic E-state index is 13.9. The molecule has 0 aromatic rings. The van der Waals surface area contributed by atoms with E-state index >= 15 is 0 Å². The molecule has 6 saturated carbocycles. The van der Waals surface area contributed by atoms with Crippen molar-refractivity contribution in [2.45, 2.75) is 160 Å². The minimum Gasteiger partial charge on any atom is -0.457 e. The van der Waals surface area contributed by atoms with E-state index < -0.39 is 81.2 Å². The summed E-state index contributed by atoms with van der Waals surface area (Å²) in [6.45, 7) is 12.1. The molecule has 0 spiro atoms. The van der Waals surface area contributed by atoms with E-state index in [1.165, 1.54) is 11.6 Å². The van der Waals surface area contributed by atoms with Gasteiger partial charge in [0.1, 0.15) is 12.2 Å². The smallest absolute Gasteiger partial charge is 0.306 e. The molecule has 4 N–H and O–H groups in total. The van der Waals surface area contributed by atoms with Gasteiger partial charge in [0.15, 0.2) is 29.6 Å². The molecule has 8 aliphatic carbocycles. The van der Waals surface area contributed by atoms with Crippen LogP contribution in [0.15, 0.2) is 35.5 Å². The number of aliphatic hydroxyl groups excluding tert-OH is 3. The molecule has 0 heterocycles. The molecule has 8 aliphatic rings. The van der Waals surface area contributed by atoms with Crippen molar-refractivity contribution in [1.29, 1.82) is 0 Å². The SMILES string of the molecule is CCC(=O)OCC(=O)[C@@]1(OC(=O)CC)[C@@H](C)C[C@H]2[C@@H]3CCC4=CC(=O)C=C[C@]4(C)[C@@]3(Cl)[C@@H](O)C[C@@]21C.C[C@]12CCC(=O)C=C1CC[C@@H]1[C@@H]2[C@@H](O)C[C@@]2(C)[C@H]1CC[C@]2(O)C(=O)CO. The number of alkyl halides is 1. The van der Waals surface area contributed by atoms with Crippen LogP contribution in [0, 0.1) is 57.2 Å². The van der Waals surface area contributed by atoms with E-state index in [1.807, 2.05) is 33.8 Å². The van der Waals surface area contributed by atoms with Gasteiger partial charge >= 0.3 is 11.9 Å². The number of ketones is 4. The highest BCUT2D eigenvalue weighted by atomic mass is 35.5. The Hall–Kier alpha value is -3.03. The van der Waals surface area contributed by atoms with Crippen LogP contribution in [-0.4, -0.2) is 97.0 Å². The van der Waals surface area contributed by atoms with E-state index in [0.717, 1.165) is 31.3 Å². The number of esters is 2. The van der Waals surface area contributed by atoms with Crippen LogP contribution in [0.3, 0.4) is 0 Å². The zero-order valence-corrected chi connectivity index (χ0v) is 38.2. The van der Waals surface area contributed by atoms with Gasteiger partial charge in [-0.15, -0.1) is 11.6 Å². The number of hydrogen-bond acceptors (Lipinski definition) is 12. The Bertz CT molecular complexity index is 2010. The molecule has 0 aromatic carbocycles. The van der Waals surface area contributed by atoms with E-state index in [4.69, 9.17) is 21.1 Å². The van der Waals surface area contributed by atoms with Crippen LogP contribution in [0.2, 0.25) is 0 Å². The molecule has 0 aromatic heterocycles. The van der Waals surface area contributed by atoms with Gasteiger partial charge in [-0.2, -0.15) is 0 Å². The Morgan fingerprint density at radius 2 is 1.50 bits per heavy atom. The highest BCUT2D eigenvalue weighted by molar-refractivity contribution is 6.26. The van der Waals surface area contributed by atoms with E-state index in [2.05, 4.69) is 6.92 Å². The first-order valence-electron chi connectivity index (χ1n) is 23.0. The molecule has 6 fully saturated rings. The summed E-state index contributed by atoms with van der Waals surface area (Å²) in [4.78, 5) is 73.7. The van der Waals surface area contributed by atoms with Crippen LogP contribution in [0.1, 0.15) is 132 Å². The molecule has 0 saturated heterocycles. The number of allylic oxidation sites excluding steroid dienone is 5. The first kappa shape index (κ1) is 46.9. The molecule has 13 heteroatoms. The third-order valence-corrected chi connectivity index (χ3v) is 19.4. The van der Waals surface area contributed by atoms with Gasteiger partial charge in [-0.25, -0.2) is 0 Å². The molecule has 12 nitrogen and oxygen atoms in total. The predicted molar refractivity (Wildman–Crippen MR) is 228 cm³/mol. The van der Waals surface area contributed by atoms with Crippen LogP contribution in [0.25, 0.3) is 0 Å². The number of fused-ring (bicyclic) bond motifs is 10. The molecule has 0 bridgehead atoms. The highest BCUT2D eigenvalue weighted by Gasteiger charge is 2.76. The molecule has 0 amide bonds. The number of carbonyl (C=O) groups is 6. The lowest BCUT2D eigenvalue weighted by atomic mass is 9.45. The van der Waals surface area contributed by atoms with E-state index in [-0.39, 0.29) is 71.8 Å². The Balaban J connectivity index is 0.000000196. The van der Waals surface area contributed by atoms with Crippen molar-refractivity contribution in [3.63, 3.8) is 0 Å². The number of Topliss-reactive ketones (excluding diaryl/α,β-unsaturated/α-hetero) is 2. The van der Waals surface area contributed by atoms with Gasteiger partial charge in [0.25, 0.3) is 0 Å². The minimum absolute atomic E-state index is 0.0697. The lowest BCUT2D eigenvalue weighted by molar-refractivity contribution is -0.203. The summed E-state index contributed by atoms with van der Waals surface area (Å²) in [7, 11) is 0. The van der Waals surface area contributed by atoms with Gasteiger partial charge in [-0.05, 0) is 117 Å². The lowest BCUT2D eigenvalue weighted by Gasteiger charge is -2.64. The van der Waals surface area contributed by atoms with Gasteiger partial charge in [-0.3, -0.25) is 28.8 Å². The van der Waals surface area contributed by atoms with Crippen LogP contribution >= 0.6 is 11.6 Å². The molecule has 15 atom stereocenters. The number of ether oxygens (including phenoxy) is 2. The fourth-order valence-electron chi connectivity index (χ4n) is 15.3. The zero-order valence-electron chi connectivity index (χ0n) is 37.5. The van der Waals surface area contributed by atoms with Crippen LogP contribution in [-0.2, 0) is 38.2 Å². The average Bonchev–Trinajstić information content (AvgIpc) is 3.62. The largest absolute Gasteiger partial charge is 0.457 e. The molecule has 0 aliphatic heterocycles. The molecule has 8 rings (SSSR count). The highest BCUT2D eigenvalue weighted by Crippen LogP contribution is 2.72. The minimum atomic E-state index is -1.55. The molecular weight excluding hydrogens is 816 g/mol. The number of rotatable bonds is 8. The number of halogens is 1. The van der Waals surface area contributed by atoms with Gasteiger partial charge in [0.2, 0.25) is 5.78 Å². The third kappa shape index (κ3) is 6.48. The van der Waals surface area contributed by atoms with Crippen molar-refractivity contribution < 1.29 is 58.7 Å². The average molecular weight is 884 g/mol. The van der Waals surface area contributed by atoms with Crippen molar-refractivity contribution in [3.8, 4) is 0 Å². The van der Waals surface area contributed by atoms with Crippen molar-refractivity contribution in [1.82, 2.24) is 0 Å². The second-order valence-corrected chi connectivity index (χ2v) is 21.6. The standard InChI is InChI=1S/C28H37ClO7.C21H30O5/c1-6-23(33)35-15-22(32)28(36-24(34)7-2)16(3)12-20-19-9-8-17-13-18(30)10-11-25(17,4)27(19,29)21(31)14-26(20,28)5;1-19-7-5-13(23)9-12(19)3-4-14-15-6-8-21(26,17(25)11-22)20(15,2)10-16(24)18(14)19/h10-11,13,16,19-21,31H,6-9,12,14-15H2,1-5H3;9,14-16,18,22,24,26H,3-8,10-11H2,1-2H3/t16-,19-,20-,21-,25-,26-,27-,28-;14-,15-,16-,18+,19-,20-,21-/m00/s1. The Morgan fingerprint density at radius 1 is 0.823 bits per heavy atom. The third-order valence-electron chi connectivity index (χ3n) is 18.5. The second-order valence-electron chi connectivity index (χ2n) is 21.0. The topological polar surface area (TPSA) is 202 Å². The molecule has 342 valence electrons. The fraction of sp³-hybridized carbons (Fsp3) is 0.755. The Labute approximate surface area is 370 Å². The maximum Gasteiger partial charge on any atom is 0.306 e. The summed E-state index contributed by atoms with van der Waals surface area (Å²) in [6.07, 6.45) is 11.9. The van der Waals surface area contributed by atoms with Gasteiger partial charge in [0.05, 0.1) is 17.1 Å². The summed E-state index contributed by atoms with van der Waals surface area (Å²) in [5.41, 5.74) is -3.50. The quantitative estimate of drug-likeness (QED) is 0.167. The van der Waals surface area contributed by atoms with Crippen molar-refractivity contribution in [2.75, 3.05) is 13.2 Å². The summed E-state index contributed by atoms with van der Waals surface area (Å²) in [5, 5.41) is 43.5. The first-order valence-corrected chi connectivity index (χ1v) is 23.4. The molecule has 0 unspecified atom stereocenters. The number of carbonyl (C=O) groups excluding carboxylic acids is 6. The van der Waals surface area contributed by atoms with Gasteiger partial charge in [-0.1, -0.05) is 65.7 Å². The molecule has 62 heavy (non-hydrogen) atoms. The van der Waals surface area contributed by atoms with Gasteiger partial charge < -0.3 is 29.9 Å². The summed E-state index contributed by atoms with van der Waals surface area (Å²) >= 11 is 7.48. The normalized spacial score (nSPS) is 46.2. The predicted octanol–water partition coefficient (Wildman–Crippen LogP) is 5.87. The zero-order chi connectivity index (χ0) is 45.6. The number of aliphatic hydroxyl groups is 4. The summed E-state index contributed by atoms with van der Waals surface area (Å²) in [6, 6.07) is 0. The summed E-state index contributed by atoms with van der Waals surface area (Å²) in [5.74, 6) is -2.10. The Kier molecular flexibility index (Phi) is 12.2. The molecular formula is C49H67ClO12. The van der Waals surface area contributed by atoms with Crippen LogP contribution in [0.5, 0.6) is 0 Å². The fourth-order valence-corrected chi connectivity index (χ4v) is 15.8. The van der Waals surface area contributed by atoms with E-state index in [0.29, 0.717) is 38.5 Å². The van der Waals surface area contributed by atoms with Crippen molar-refractivity contribution in [3.05, 3.63) is 35.5 Å². The lowest BCUT2D eigenvalue weighted by Crippen LogP contribution is -2.69. The van der Waals surface area contributed by atoms with E-state index in [1.54, 1.807) is 26.0 Å².